The molecule has 1 aromatic heterocycles. The van der Waals surface area contributed by atoms with Gasteiger partial charge in [-0.05, 0) is 25.3 Å². The van der Waals surface area contributed by atoms with Crippen molar-refractivity contribution >= 4 is 17.1 Å². The number of rotatable bonds is 5. The molecule has 2 atom stereocenters. The zero-order valence-corrected chi connectivity index (χ0v) is 11.8. The van der Waals surface area contributed by atoms with Gasteiger partial charge in [0, 0.05) is 17.7 Å². The average Bonchev–Trinajstić information content (AvgIpc) is 2.87. The number of ketones is 1. The van der Waals surface area contributed by atoms with Crippen LogP contribution in [0.3, 0.4) is 0 Å². The Balaban J connectivity index is 2.00. The maximum absolute atomic E-state index is 12.4. The van der Waals surface area contributed by atoms with E-state index in [1.807, 2.05) is 5.38 Å². The molecule has 2 unspecified atom stereocenters. The number of thiazole rings is 1. The molecule has 0 saturated heterocycles. The minimum atomic E-state index is 0.205. The molecule has 0 radical (unpaired) electrons. The van der Waals surface area contributed by atoms with Gasteiger partial charge in [0.2, 0.25) is 0 Å². The van der Waals surface area contributed by atoms with Crippen LogP contribution in [0.2, 0.25) is 0 Å². The molecular formula is C14H22N2OS. The fourth-order valence-electron chi connectivity index (χ4n) is 2.77. The molecule has 18 heavy (non-hydrogen) atoms. The molecule has 0 aromatic carbocycles. The Morgan fingerprint density at radius 3 is 3.11 bits per heavy atom. The van der Waals surface area contributed by atoms with Crippen LogP contribution in [0.4, 0.5) is 0 Å². The van der Waals surface area contributed by atoms with Crippen LogP contribution >= 0.6 is 11.3 Å². The summed E-state index contributed by atoms with van der Waals surface area (Å²) in [5.74, 6) is 1.19. The highest BCUT2D eigenvalue weighted by molar-refractivity contribution is 7.09. The standard InChI is InChI=1S/C14H22N2OS/c1-2-10-4-3-5-11(8-10)14(17)12-9-18-13(16-12)6-7-15/h9-11H,2-8,15H2,1H3. The highest BCUT2D eigenvalue weighted by Gasteiger charge is 2.28. The number of hydrogen-bond acceptors (Lipinski definition) is 4. The number of nitrogens with zero attached hydrogens (tertiary/aromatic N) is 1. The Morgan fingerprint density at radius 2 is 2.39 bits per heavy atom. The largest absolute Gasteiger partial charge is 0.330 e. The molecule has 0 amide bonds. The monoisotopic (exact) mass is 266 g/mol. The molecule has 1 aliphatic carbocycles. The van der Waals surface area contributed by atoms with Crippen LogP contribution in [0.15, 0.2) is 5.38 Å². The molecule has 0 aliphatic heterocycles. The molecule has 0 bridgehead atoms. The highest BCUT2D eigenvalue weighted by Crippen LogP contribution is 2.33. The molecule has 2 rings (SSSR count). The van der Waals surface area contributed by atoms with Gasteiger partial charge in [0.15, 0.2) is 5.78 Å². The number of carbonyl (C=O) groups excluding carboxylic acids is 1. The fourth-order valence-corrected chi connectivity index (χ4v) is 3.57. The van der Waals surface area contributed by atoms with Crippen LogP contribution in [-0.4, -0.2) is 17.3 Å². The van der Waals surface area contributed by atoms with Crippen molar-refractivity contribution in [3.63, 3.8) is 0 Å². The fraction of sp³-hybridized carbons (Fsp3) is 0.714. The first-order valence-corrected chi connectivity index (χ1v) is 7.81. The molecule has 2 N–H and O–H groups in total. The van der Waals surface area contributed by atoms with Gasteiger partial charge in [-0.3, -0.25) is 4.79 Å². The first-order valence-electron chi connectivity index (χ1n) is 6.93. The first-order chi connectivity index (χ1) is 8.74. The summed E-state index contributed by atoms with van der Waals surface area (Å²) in [4.78, 5) is 16.8. The Morgan fingerprint density at radius 1 is 1.56 bits per heavy atom. The van der Waals surface area contributed by atoms with E-state index in [4.69, 9.17) is 5.73 Å². The molecule has 1 saturated carbocycles. The van der Waals surface area contributed by atoms with Gasteiger partial charge < -0.3 is 5.73 Å². The van der Waals surface area contributed by atoms with Crippen molar-refractivity contribution in [3.05, 3.63) is 16.1 Å². The molecule has 1 fully saturated rings. The molecule has 4 heteroatoms. The maximum Gasteiger partial charge on any atom is 0.185 e. The average molecular weight is 266 g/mol. The van der Waals surface area contributed by atoms with Crippen LogP contribution in [0, 0.1) is 11.8 Å². The number of aromatic nitrogens is 1. The summed E-state index contributed by atoms with van der Waals surface area (Å²) >= 11 is 1.56. The highest BCUT2D eigenvalue weighted by atomic mass is 32.1. The zero-order chi connectivity index (χ0) is 13.0. The van der Waals surface area contributed by atoms with Crippen molar-refractivity contribution in [1.29, 1.82) is 0 Å². The summed E-state index contributed by atoms with van der Waals surface area (Å²) in [7, 11) is 0. The summed E-state index contributed by atoms with van der Waals surface area (Å²) in [6.45, 7) is 2.82. The number of Topliss-reactive ketones (excluding diaryl/α,β-unsaturated/α-hetero) is 1. The van der Waals surface area contributed by atoms with Crippen molar-refractivity contribution in [2.75, 3.05) is 6.54 Å². The summed E-state index contributed by atoms with van der Waals surface area (Å²) < 4.78 is 0. The third kappa shape index (κ3) is 3.18. The van der Waals surface area contributed by atoms with E-state index < -0.39 is 0 Å². The van der Waals surface area contributed by atoms with Crippen molar-refractivity contribution in [1.82, 2.24) is 4.98 Å². The predicted octanol–water partition coefficient (Wildman–Crippen LogP) is 3.04. The van der Waals surface area contributed by atoms with Gasteiger partial charge in [0.25, 0.3) is 0 Å². The quantitative estimate of drug-likeness (QED) is 0.833. The van der Waals surface area contributed by atoms with E-state index in [-0.39, 0.29) is 11.7 Å². The van der Waals surface area contributed by atoms with Crippen LogP contribution < -0.4 is 5.73 Å². The Hall–Kier alpha value is -0.740. The van der Waals surface area contributed by atoms with Crippen molar-refractivity contribution in [3.8, 4) is 0 Å². The lowest BCUT2D eigenvalue weighted by Crippen LogP contribution is -2.23. The van der Waals surface area contributed by atoms with Crippen LogP contribution in [-0.2, 0) is 6.42 Å². The van der Waals surface area contributed by atoms with E-state index in [0.29, 0.717) is 12.2 Å². The van der Waals surface area contributed by atoms with Gasteiger partial charge in [-0.25, -0.2) is 4.98 Å². The SMILES string of the molecule is CCC1CCCC(C(=O)c2csc(CCN)n2)C1. The van der Waals surface area contributed by atoms with Gasteiger partial charge in [-0.2, -0.15) is 0 Å². The number of carbonyl (C=O) groups is 1. The lowest BCUT2D eigenvalue weighted by molar-refractivity contribution is 0.0857. The van der Waals surface area contributed by atoms with Crippen LogP contribution in [0.5, 0.6) is 0 Å². The molecule has 3 nitrogen and oxygen atoms in total. The Kier molecular flexibility index (Phi) is 4.89. The smallest absolute Gasteiger partial charge is 0.185 e. The topological polar surface area (TPSA) is 56.0 Å². The number of nitrogens with two attached hydrogens (primary N) is 1. The third-order valence-electron chi connectivity index (χ3n) is 3.89. The van der Waals surface area contributed by atoms with E-state index in [0.717, 1.165) is 30.2 Å². The maximum atomic E-state index is 12.4. The van der Waals surface area contributed by atoms with Gasteiger partial charge in [-0.1, -0.05) is 26.2 Å². The first kappa shape index (κ1) is 13.7. The second-order valence-corrected chi connectivity index (χ2v) is 6.11. The minimum absolute atomic E-state index is 0.205. The van der Waals surface area contributed by atoms with Gasteiger partial charge >= 0.3 is 0 Å². The van der Waals surface area contributed by atoms with Crippen molar-refractivity contribution < 1.29 is 4.79 Å². The molecule has 1 aromatic rings. The summed E-state index contributed by atoms with van der Waals surface area (Å²) in [6, 6.07) is 0. The zero-order valence-electron chi connectivity index (χ0n) is 11.0. The number of hydrogen-bond donors (Lipinski definition) is 1. The van der Waals surface area contributed by atoms with Gasteiger partial charge in [0.05, 0.1) is 5.01 Å². The van der Waals surface area contributed by atoms with Crippen molar-refractivity contribution in [2.45, 2.75) is 45.4 Å². The minimum Gasteiger partial charge on any atom is -0.330 e. The second kappa shape index (κ2) is 6.43. The summed E-state index contributed by atoms with van der Waals surface area (Å²) in [5, 5.41) is 2.90. The molecule has 1 heterocycles. The molecule has 1 aliphatic rings. The van der Waals surface area contributed by atoms with E-state index in [9.17, 15) is 4.79 Å². The third-order valence-corrected chi connectivity index (χ3v) is 4.80. The lowest BCUT2D eigenvalue weighted by atomic mass is 9.78. The van der Waals surface area contributed by atoms with E-state index in [1.54, 1.807) is 11.3 Å². The normalized spacial score (nSPS) is 24.1. The summed E-state index contributed by atoms with van der Waals surface area (Å²) in [6.07, 6.45) is 6.54. The summed E-state index contributed by atoms with van der Waals surface area (Å²) in [5.41, 5.74) is 6.18. The Bertz CT molecular complexity index is 402. The molecule has 100 valence electrons. The molecule has 0 spiro atoms. The lowest BCUT2D eigenvalue weighted by Gasteiger charge is -2.26. The second-order valence-electron chi connectivity index (χ2n) is 5.17. The van der Waals surface area contributed by atoms with E-state index in [1.165, 1.54) is 19.3 Å². The Labute approximate surface area is 113 Å². The van der Waals surface area contributed by atoms with E-state index in [2.05, 4.69) is 11.9 Å². The molecular weight excluding hydrogens is 244 g/mol. The van der Waals surface area contributed by atoms with E-state index >= 15 is 0 Å². The van der Waals surface area contributed by atoms with Crippen LogP contribution in [0.25, 0.3) is 0 Å². The van der Waals surface area contributed by atoms with Crippen LogP contribution in [0.1, 0.15) is 54.5 Å². The van der Waals surface area contributed by atoms with Gasteiger partial charge in [-0.15, -0.1) is 11.3 Å². The van der Waals surface area contributed by atoms with Gasteiger partial charge in [0.1, 0.15) is 5.69 Å². The predicted molar refractivity (Wildman–Crippen MR) is 74.9 cm³/mol. The van der Waals surface area contributed by atoms with Crippen molar-refractivity contribution in [2.24, 2.45) is 17.6 Å².